The predicted molar refractivity (Wildman–Crippen MR) is 104 cm³/mol. The Balaban J connectivity index is 1.46. The summed E-state index contributed by atoms with van der Waals surface area (Å²) in [5.41, 5.74) is 1.15. The Labute approximate surface area is 158 Å². The van der Waals surface area contributed by atoms with Gasteiger partial charge in [0.2, 0.25) is 5.91 Å². The van der Waals surface area contributed by atoms with E-state index in [-0.39, 0.29) is 5.91 Å². The molecule has 1 fully saturated rings. The minimum Gasteiger partial charge on any atom is -0.465 e. The van der Waals surface area contributed by atoms with Crippen LogP contribution in [0.2, 0.25) is 0 Å². The van der Waals surface area contributed by atoms with Crippen molar-refractivity contribution in [2.75, 3.05) is 50.1 Å². The van der Waals surface area contributed by atoms with Crippen LogP contribution in [0, 0.1) is 0 Å². The molecule has 0 unspecified atom stereocenters. The number of pyridine rings is 1. The van der Waals surface area contributed by atoms with Crippen LogP contribution in [0.25, 0.3) is 0 Å². The number of ether oxygens (including phenoxy) is 1. The van der Waals surface area contributed by atoms with Gasteiger partial charge in [0.15, 0.2) is 0 Å². The molecule has 7 heteroatoms. The molecule has 2 aromatic rings. The van der Waals surface area contributed by atoms with Gasteiger partial charge < -0.3 is 19.9 Å². The lowest BCUT2D eigenvalue weighted by Gasteiger charge is -2.35. The van der Waals surface area contributed by atoms with Gasteiger partial charge in [-0.25, -0.2) is 9.78 Å². The first-order valence-electron chi connectivity index (χ1n) is 9.04. The summed E-state index contributed by atoms with van der Waals surface area (Å²) in [5.74, 6) is 0.666. The standard InChI is InChI=1S/C20H24N4O3/c1-27-20(26)16-6-2-3-7-17(16)21-11-9-19(25)24-14-12-23(13-15-24)18-8-4-5-10-22-18/h2-8,10,21H,9,11-15H2,1H3. The highest BCUT2D eigenvalue weighted by molar-refractivity contribution is 5.95. The molecule has 0 radical (unpaired) electrons. The Morgan fingerprint density at radius 2 is 1.81 bits per heavy atom. The molecule has 0 aliphatic carbocycles. The smallest absolute Gasteiger partial charge is 0.339 e. The van der Waals surface area contributed by atoms with Crippen LogP contribution < -0.4 is 10.2 Å². The lowest BCUT2D eigenvalue weighted by Crippen LogP contribution is -2.49. The molecule has 2 heterocycles. The Bertz CT molecular complexity index is 774. The SMILES string of the molecule is COC(=O)c1ccccc1NCCC(=O)N1CCN(c2ccccn2)CC1. The number of carbonyl (C=O) groups excluding carboxylic acids is 2. The summed E-state index contributed by atoms with van der Waals surface area (Å²) in [6.45, 7) is 3.40. The van der Waals surface area contributed by atoms with Crippen molar-refractivity contribution >= 4 is 23.4 Å². The average molecular weight is 368 g/mol. The van der Waals surface area contributed by atoms with E-state index in [1.807, 2.05) is 35.2 Å². The lowest BCUT2D eigenvalue weighted by atomic mass is 10.1. The lowest BCUT2D eigenvalue weighted by molar-refractivity contribution is -0.131. The quantitative estimate of drug-likeness (QED) is 0.787. The second-order valence-corrected chi connectivity index (χ2v) is 6.27. The largest absolute Gasteiger partial charge is 0.465 e. The van der Waals surface area contributed by atoms with Crippen molar-refractivity contribution in [1.29, 1.82) is 0 Å². The molecule has 1 amide bonds. The number of carbonyl (C=O) groups is 2. The van der Waals surface area contributed by atoms with E-state index in [2.05, 4.69) is 15.2 Å². The maximum Gasteiger partial charge on any atom is 0.339 e. The zero-order valence-corrected chi connectivity index (χ0v) is 15.4. The predicted octanol–water partition coefficient (Wildman–Crippen LogP) is 2.02. The molecule has 0 spiro atoms. The van der Waals surface area contributed by atoms with Gasteiger partial charge in [0.25, 0.3) is 0 Å². The zero-order chi connectivity index (χ0) is 19.1. The van der Waals surface area contributed by atoms with Gasteiger partial charge in [-0.15, -0.1) is 0 Å². The molecular weight excluding hydrogens is 344 g/mol. The molecule has 1 aromatic carbocycles. The molecule has 1 aliphatic rings. The van der Waals surface area contributed by atoms with E-state index in [4.69, 9.17) is 4.74 Å². The van der Waals surface area contributed by atoms with Crippen molar-refractivity contribution in [3.05, 3.63) is 54.2 Å². The molecule has 0 atom stereocenters. The number of aromatic nitrogens is 1. The van der Waals surface area contributed by atoms with Crippen molar-refractivity contribution < 1.29 is 14.3 Å². The molecule has 1 N–H and O–H groups in total. The summed E-state index contributed by atoms with van der Waals surface area (Å²) in [4.78, 5) is 32.7. The minimum absolute atomic E-state index is 0.110. The van der Waals surface area contributed by atoms with E-state index in [1.165, 1.54) is 7.11 Å². The fourth-order valence-electron chi connectivity index (χ4n) is 3.11. The van der Waals surface area contributed by atoms with Crippen LogP contribution >= 0.6 is 0 Å². The minimum atomic E-state index is -0.393. The van der Waals surface area contributed by atoms with Crippen molar-refractivity contribution in [3.63, 3.8) is 0 Å². The number of rotatable bonds is 6. The maximum atomic E-state index is 12.5. The van der Waals surface area contributed by atoms with E-state index in [0.717, 1.165) is 18.9 Å². The second kappa shape index (κ2) is 9.02. The van der Waals surface area contributed by atoms with Crippen LogP contribution in [0.1, 0.15) is 16.8 Å². The van der Waals surface area contributed by atoms with Gasteiger partial charge in [-0.3, -0.25) is 4.79 Å². The van der Waals surface area contributed by atoms with E-state index < -0.39 is 5.97 Å². The molecule has 1 aliphatic heterocycles. The van der Waals surface area contributed by atoms with E-state index in [1.54, 1.807) is 18.3 Å². The first kappa shape index (κ1) is 18.7. The number of nitrogens with zero attached hydrogens (tertiary/aromatic N) is 3. The van der Waals surface area contributed by atoms with Gasteiger partial charge in [0.05, 0.1) is 12.7 Å². The fourth-order valence-corrected chi connectivity index (χ4v) is 3.11. The average Bonchev–Trinajstić information content (AvgIpc) is 2.74. The molecular formula is C20H24N4O3. The number of nitrogens with one attached hydrogen (secondary N) is 1. The van der Waals surface area contributed by atoms with E-state index >= 15 is 0 Å². The Hall–Kier alpha value is -3.09. The highest BCUT2D eigenvalue weighted by Gasteiger charge is 2.21. The Kier molecular flexibility index (Phi) is 6.25. The summed E-state index contributed by atoms with van der Waals surface area (Å²) in [5, 5.41) is 3.16. The molecule has 1 aromatic heterocycles. The Morgan fingerprint density at radius 1 is 1.07 bits per heavy atom. The van der Waals surface area contributed by atoms with Crippen molar-refractivity contribution in [1.82, 2.24) is 9.88 Å². The maximum absolute atomic E-state index is 12.5. The summed E-state index contributed by atoms with van der Waals surface area (Å²) >= 11 is 0. The summed E-state index contributed by atoms with van der Waals surface area (Å²) in [7, 11) is 1.35. The van der Waals surface area contributed by atoms with Gasteiger partial charge in [-0.2, -0.15) is 0 Å². The van der Waals surface area contributed by atoms with Gasteiger partial charge in [-0.1, -0.05) is 18.2 Å². The summed E-state index contributed by atoms with van der Waals surface area (Å²) < 4.78 is 4.78. The number of para-hydroxylation sites is 1. The van der Waals surface area contributed by atoms with Crippen molar-refractivity contribution in [2.24, 2.45) is 0 Å². The third-order valence-corrected chi connectivity index (χ3v) is 4.59. The van der Waals surface area contributed by atoms with E-state index in [0.29, 0.717) is 37.3 Å². The fraction of sp³-hybridized carbons (Fsp3) is 0.350. The molecule has 27 heavy (non-hydrogen) atoms. The molecule has 1 saturated heterocycles. The highest BCUT2D eigenvalue weighted by Crippen LogP contribution is 2.16. The van der Waals surface area contributed by atoms with Crippen LogP contribution in [0.5, 0.6) is 0 Å². The first-order valence-corrected chi connectivity index (χ1v) is 9.04. The van der Waals surface area contributed by atoms with Gasteiger partial charge in [-0.05, 0) is 24.3 Å². The number of hydrogen-bond donors (Lipinski definition) is 1. The third kappa shape index (κ3) is 4.75. The topological polar surface area (TPSA) is 74.8 Å². The first-order chi connectivity index (χ1) is 13.2. The molecule has 142 valence electrons. The second-order valence-electron chi connectivity index (χ2n) is 6.27. The van der Waals surface area contributed by atoms with Crippen LogP contribution in [0.3, 0.4) is 0 Å². The normalized spacial score (nSPS) is 14.0. The van der Waals surface area contributed by atoms with Gasteiger partial charge in [0, 0.05) is 51.0 Å². The molecule has 7 nitrogen and oxygen atoms in total. The molecule has 0 bridgehead atoms. The molecule has 0 saturated carbocycles. The number of esters is 1. The highest BCUT2D eigenvalue weighted by atomic mass is 16.5. The zero-order valence-electron chi connectivity index (χ0n) is 15.4. The van der Waals surface area contributed by atoms with Crippen LogP contribution in [-0.2, 0) is 9.53 Å². The summed E-state index contributed by atoms with van der Waals surface area (Å²) in [6, 6.07) is 13.0. The Morgan fingerprint density at radius 3 is 2.52 bits per heavy atom. The number of anilines is 2. The van der Waals surface area contributed by atoms with Crippen molar-refractivity contribution in [2.45, 2.75) is 6.42 Å². The number of methoxy groups -OCH3 is 1. The van der Waals surface area contributed by atoms with Gasteiger partial charge >= 0.3 is 5.97 Å². The summed E-state index contributed by atoms with van der Waals surface area (Å²) in [6.07, 6.45) is 2.16. The van der Waals surface area contributed by atoms with E-state index in [9.17, 15) is 9.59 Å². The van der Waals surface area contributed by atoms with Crippen molar-refractivity contribution in [3.8, 4) is 0 Å². The van der Waals surface area contributed by atoms with Gasteiger partial charge in [0.1, 0.15) is 5.82 Å². The number of amides is 1. The number of piperazine rings is 1. The van der Waals surface area contributed by atoms with Crippen LogP contribution in [0.4, 0.5) is 11.5 Å². The van der Waals surface area contributed by atoms with Crippen LogP contribution in [-0.4, -0.2) is 61.6 Å². The van der Waals surface area contributed by atoms with Crippen LogP contribution in [0.15, 0.2) is 48.7 Å². The monoisotopic (exact) mass is 368 g/mol. The molecule has 3 rings (SSSR count). The number of hydrogen-bond acceptors (Lipinski definition) is 6. The number of benzene rings is 1. The third-order valence-electron chi connectivity index (χ3n) is 4.59.